The number of benzene rings is 2. The fraction of sp³-hybridized carbons (Fsp3) is 0.333. The highest BCUT2D eigenvalue weighted by molar-refractivity contribution is 5.74. The molecule has 1 aromatic heterocycles. The maximum absolute atomic E-state index is 12.5. The first kappa shape index (κ1) is 19.2. The van der Waals surface area contributed by atoms with Crippen LogP contribution >= 0.6 is 0 Å². The molecule has 29 heavy (non-hydrogen) atoms. The van der Waals surface area contributed by atoms with Crippen LogP contribution in [0.1, 0.15) is 17.7 Å². The van der Waals surface area contributed by atoms with E-state index in [9.17, 15) is 4.79 Å². The lowest BCUT2D eigenvalue weighted by atomic mass is 10.1. The summed E-state index contributed by atoms with van der Waals surface area (Å²) in [6, 6.07) is 20.6. The number of imidazole rings is 1. The van der Waals surface area contributed by atoms with Gasteiger partial charge in [0.1, 0.15) is 5.82 Å². The van der Waals surface area contributed by atoms with Crippen LogP contribution in [-0.4, -0.2) is 40.1 Å². The van der Waals surface area contributed by atoms with E-state index in [2.05, 4.69) is 46.1 Å². The maximum atomic E-state index is 12.5. The molecule has 0 spiro atoms. The molecule has 1 saturated heterocycles. The van der Waals surface area contributed by atoms with Gasteiger partial charge in [-0.1, -0.05) is 60.7 Å². The summed E-state index contributed by atoms with van der Waals surface area (Å²) in [7, 11) is 0. The minimum atomic E-state index is 0.0501. The molecule has 5 heteroatoms. The third-order valence-electron chi connectivity index (χ3n) is 5.63. The molecule has 0 aliphatic carbocycles. The number of hydrogen-bond acceptors (Lipinski definition) is 2. The number of aryl methyl sites for hydroxylation is 1. The zero-order valence-corrected chi connectivity index (χ0v) is 16.9. The zero-order valence-electron chi connectivity index (χ0n) is 16.9. The quantitative estimate of drug-likeness (QED) is 0.690. The highest BCUT2D eigenvalue weighted by Crippen LogP contribution is 2.24. The lowest BCUT2D eigenvalue weighted by Gasteiger charge is -2.19. The van der Waals surface area contributed by atoms with Gasteiger partial charge in [0, 0.05) is 43.6 Å². The molecule has 1 aliphatic rings. The van der Waals surface area contributed by atoms with E-state index in [1.807, 2.05) is 47.5 Å². The number of carbonyl (C=O) groups is 1. The predicted molar refractivity (Wildman–Crippen MR) is 116 cm³/mol. The highest BCUT2D eigenvalue weighted by Gasteiger charge is 2.27. The topological polar surface area (TPSA) is 50.2 Å². The molecule has 1 unspecified atom stereocenters. The van der Waals surface area contributed by atoms with Crippen LogP contribution in [0.4, 0.5) is 4.79 Å². The molecule has 4 rings (SSSR count). The van der Waals surface area contributed by atoms with Crippen molar-refractivity contribution in [2.45, 2.75) is 26.3 Å². The van der Waals surface area contributed by atoms with Gasteiger partial charge in [0.25, 0.3) is 0 Å². The predicted octanol–water partition coefficient (Wildman–Crippen LogP) is 4.13. The first-order chi connectivity index (χ1) is 14.2. The Kier molecular flexibility index (Phi) is 5.94. The van der Waals surface area contributed by atoms with Crippen LogP contribution in [0.25, 0.3) is 11.4 Å². The van der Waals surface area contributed by atoms with Gasteiger partial charge in [0.05, 0.1) is 0 Å². The van der Waals surface area contributed by atoms with Crippen molar-refractivity contribution in [3.05, 3.63) is 78.1 Å². The molecule has 3 aromatic rings. The largest absolute Gasteiger partial charge is 0.338 e. The summed E-state index contributed by atoms with van der Waals surface area (Å²) >= 11 is 0. The van der Waals surface area contributed by atoms with Crippen LogP contribution in [0.5, 0.6) is 0 Å². The molecule has 5 nitrogen and oxygen atoms in total. The molecule has 1 N–H and O–H groups in total. The SMILES string of the molecule is Cc1cnc(-c2ccccc2)n1CC1CCN(C(=O)NCCc2ccccc2)C1. The van der Waals surface area contributed by atoms with E-state index in [1.54, 1.807) is 0 Å². The lowest BCUT2D eigenvalue weighted by molar-refractivity contribution is 0.206. The monoisotopic (exact) mass is 388 g/mol. The summed E-state index contributed by atoms with van der Waals surface area (Å²) in [6.07, 6.45) is 3.82. The summed E-state index contributed by atoms with van der Waals surface area (Å²) in [5.74, 6) is 1.46. The first-order valence-electron chi connectivity index (χ1n) is 10.3. The van der Waals surface area contributed by atoms with Gasteiger partial charge in [-0.05, 0) is 31.2 Å². The first-order valence-corrected chi connectivity index (χ1v) is 10.3. The van der Waals surface area contributed by atoms with E-state index in [4.69, 9.17) is 0 Å². The minimum Gasteiger partial charge on any atom is -0.338 e. The standard InChI is InChI=1S/C24H28N4O/c1-19-16-26-23(22-10-6-3-7-11-22)28(19)18-21-13-15-27(17-21)24(29)25-14-12-20-8-4-2-5-9-20/h2-11,16,21H,12-15,17-18H2,1H3,(H,25,29). The van der Waals surface area contributed by atoms with Gasteiger partial charge in [-0.2, -0.15) is 0 Å². The van der Waals surface area contributed by atoms with Gasteiger partial charge in [-0.25, -0.2) is 9.78 Å². The maximum Gasteiger partial charge on any atom is 0.317 e. The fourth-order valence-corrected chi connectivity index (χ4v) is 4.00. The Labute approximate surface area is 172 Å². The van der Waals surface area contributed by atoms with Crippen molar-refractivity contribution in [2.75, 3.05) is 19.6 Å². The zero-order chi connectivity index (χ0) is 20.1. The third-order valence-corrected chi connectivity index (χ3v) is 5.63. The number of nitrogens with zero attached hydrogens (tertiary/aromatic N) is 3. The van der Waals surface area contributed by atoms with E-state index >= 15 is 0 Å². The average molecular weight is 389 g/mol. The van der Waals surface area contributed by atoms with Crippen molar-refractivity contribution in [3.8, 4) is 11.4 Å². The second-order valence-electron chi connectivity index (χ2n) is 7.77. The number of aromatic nitrogens is 2. The summed E-state index contributed by atoms with van der Waals surface area (Å²) in [5, 5.41) is 3.07. The van der Waals surface area contributed by atoms with Crippen molar-refractivity contribution in [1.82, 2.24) is 19.8 Å². The van der Waals surface area contributed by atoms with E-state index in [1.165, 1.54) is 5.56 Å². The Bertz CT molecular complexity index is 936. The third kappa shape index (κ3) is 4.67. The van der Waals surface area contributed by atoms with Gasteiger partial charge in [0.2, 0.25) is 0 Å². The van der Waals surface area contributed by atoms with E-state index < -0.39 is 0 Å². The van der Waals surface area contributed by atoms with Crippen LogP contribution in [0.3, 0.4) is 0 Å². The number of likely N-dealkylation sites (tertiary alicyclic amines) is 1. The molecule has 2 amide bonds. The number of rotatable bonds is 6. The second kappa shape index (κ2) is 8.95. The summed E-state index contributed by atoms with van der Waals surface area (Å²) < 4.78 is 2.29. The van der Waals surface area contributed by atoms with Crippen molar-refractivity contribution in [3.63, 3.8) is 0 Å². The Morgan fingerprint density at radius 3 is 2.59 bits per heavy atom. The Balaban J connectivity index is 1.31. The van der Waals surface area contributed by atoms with Crippen molar-refractivity contribution >= 4 is 6.03 Å². The molecule has 2 aromatic carbocycles. The molecular formula is C24H28N4O. The Hall–Kier alpha value is -3.08. The van der Waals surface area contributed by atoms with E-state index in [-0.39, 0.29) is 6.03 Å². The Morgan fingerprint density at radius 1 is 1.10 bits per heavy atom. The molecular weight excluding hydrogens is 360 g/mol. The van der Waals surface area contributed by atoms with Gasteiger partial charge in [-0.15, -0.1) is 0 Å². The van der Waals surface area contributed by atoms with E-state index in [0.717, 1.165) is 49.6 Å². The summed E-state index contributed by atoms with van der Waals surface area (Å²) in [5.41, 5.74) is 3.54. The smallest absolute Gasteiger partial charge is 0.317 e. The number of nitrogens with one attached hydrogen (secondary N) is 1. The van der Waals surface area contributed by atoms with Gasteiger partial charge < -0.3 is 14.8 Å². The molecule has 1 atom stereocenters. The molecule has 150 valence electrons. The van der Waals surface area contributed by atoms with E-state index in [0.29, 0.717) is 12.5 Å². The summed E-state index contributed by atoms with van der Waals surface area (Å²) in [6.45, 7) is 5.27. The Morgan fingerprint density at radius 2 is 1.83 bits per heavy atom. The van der Waals surface area contributed by atoms with Crippen molar-refractivity contribution < 1.29 is 4.79 Å². The molecule has 0 bridgehead atoms. The molecule has 0 radical (unpaired) electrons. The van der Waals surface area contributed by atoms with Crippen LogP contribution in [0, 0.1) is 12.8 Å². The van der Waals surface area contributed by atoms with Gasteiger partial charge in [0.15, 0.2) is 0 Å². The van der Waals surface area contributed by atoms with Gasteiger partial charge in [-0.3, -0.25) is 0 Å². The van der Waals surface area contributed by atoms with Crippen LogP contribution < -0.4 is 5.32 Å². The molecule has 1 fully saturated rings. The van der Waals surface area contributed by atoms with Gasteiger partial charge >= 0.3 is 6.03 Å². The number of amides is 2. The average Bonchev–Trinajstić information content (AvgIpc) is 3.37. The minimum absolute atomic E-state index is 0.0501. The molecule has 0 saturated carbocycles. The van der Waals surface area contributed by atoms with Crippen LogP contribution in [0.2, 0.25) is 0 Å². The normalized spacial score (nSPS) is 16.2. The summed E-state index contributed by atoms with van der Waals surface area (Å²) in [4.78, 5) is 19.1. The number of hydrogen-bond donors (Lipinski definition) is 1. The molecule has 2 heterocycles. The highest BCUT2D eigenvalue weighted by atomic mass is 16.2. The number of urea groups is 1. The lowest BCUT2D eigenvalue weighted by Crippen LogP contribution is -2.39. The van der Waals surface area contributed by atoms with Crippen LogP contribution in [-0.2, 0) is 13.0 Å². The second-order valence-corrected chi connectivity index (χ2v) is 7.77. The van der Waals surface area contributed by atoms with Crippen LogP contribution in [0.15, 0.2) is 66.9 Å². The van der Waals surface area contributed by atoms with Crippen molar-refractivity contribution in [2.24, 2.45) is 5.92 Å². The fourth-order valence-electron chi connectivity index (χ4n) is 4.00. The van der Waals surface area contributed by atoms with Crippen molar-refractivity contribution in [1.29, 1.82) is 0 Å². The number of carbonyl (C=O) groups excluding carboxylic acids is 1. The molecule has 1 aliphatic heterocycles.